The van der Waals surface area contributed by atoms with Crippen LogP contribution < -0.4 is 4.90 Å². The number of sulfone groups is 1. The molecular formula is C19H15FN2O5S2. The van der Waals surface area contributed by atoms with Crippen molar-refractivity contribution < 1.29 is 22.5 Å². The average Bonchev–Trinajstić information content (AvgIpc) is 3.18. The highest BCUT2D eigenvalue weighted by Crippen LogP contribution is 2.26. The van der Waals surface area contributed by atoms with Crippen LogP contribution in [0.1, 0.15) is 15.2 Å². The maximum Gasteiger partial charge on any atom is 0.271 e. The molecule has 0 radical (unpaired) electrons. The number of anilines is 1. The number of hydrogen-bond donors (Lipinski definition) is 0. The second-order valence-corrected chi connectivity index (χ2v) is 9.24. The van der Waals surface area contributed by atoms with Crippen molar-refractivity contribution in [3.05, 3.63) is 86.3 Å². The van der Waals surface area contributed by atoms with Gasteiger partial charge >= 0.3 is 0 Å². The topological polar surface area (TPSA) is 97.6 Å². The Labute approximate surface area is 170 Å². The number of carbonyl (C=O) groups is 1. The van der Waals surface area contributed by atoms with E-state index >= 15 is 0 Å². The lowest BCUT2D eigenvalue weighted by Gasteiger charge is -2.22. The summed E-state index contributed by atoms with van der Waals surface area (Å²) in [7, 11) is -3.78. The van der Waals surface area contributed by atoms with Crippen LogP contribution in [0.3, 0.4) is 0 Å². The maximum atomic E-state index is 13.3. The number of halogens is 1. The van der Waals surface area contributed by atoms with Crippen LogP contribution in [-0.4, -0.2) is 25.5 Å². The fourth-order valence-corrected chi connectivity index (χ4v) is 4.01. The molecule has 29 heavy (non-hydrogen) atoms. The van der Waals surface area contributed by atoms with Crippen molar-refractivity contribution in [1.29, 1.82) is 0 Å². The van der Waals surface area contributed by atoms with E-state index in [0.29, 0.717) is 5.69 Å². The van der Waals surface area contributed by atoms with Crippen molar-refractivity contribution in [2.45, 2.75) is 11.4 Å². The predicted octanol–water partition coefficient (Wildman–Crippen LogP) is 4.05. The van der Waals surface area contributed by atoms with Crippen molar-refractivity contribution in [1.82, 2.24) is 0 Å². The van der Waals surface area contributed by atoms with Gasteiger partial charge in [-0.2, -0.15) is 0 Å². The van der Waals surface area contributed by atoms with Gasteiger partial charge in [-0.1, -0.05) is 6.07 Å². The Bertz CT molecular complexity index is 1160. The molecule has 0 spiro atoms. The summed E-state index contributed by atoms with van der Waals surface area (Å²) in [6.45, 7) is 0.138. The SMILES string of the molecule is CS(=O)(=O)c1cc(C(=O)N(Cc2cccs2)c2ccc(F)cc2)cc([N+](=O)[O-])c1. The molecule has 1 aromatic heterocycles. The van der Waals surface area contributed by atoms with Gasteiger partial charge in [0.2, 0.25) is 0 Å². The van der Waals surface area contributed by atoms with Crippen LogP contribution in [0.15, 0.2) is 64.9 Å². The molecule has 0 N–H and O–H groups in total. The lowest BCUT2D eigenvalue weighted by atomic mass is 10.1. The van der Waals surface area contributed by atoms with Gasteiger partial charge in [-0.05, 0) is 41.8 Å². The number of nitro benzene ring substituents is 1. The number of amides is 1. The highest BCUT2D eigenvalue weighted by Gasteiger charge is 2.24. The number of non-ortho nitro benzene ring substituents is 1. The minimum atomic E-state index is -3.78. The molecule has 0 aliphatic heterocycles. The molecule has 0 saturated heterocycles. The molecule has 10 heteroatoms. The third-order valence-electron chi connectivity index (χ3n) is 4.05. The van der Waals surface area contributed by atoms with Gasteiger partial charge in [0.1, 0.15) is 5.82 Å². The number of nitrogens with zero attached hydrogens (tertiary/aromatic N) is 2. The quantitative estimate of drug-likeness (QED) is 0.431. The van der Waals surface area contributed by atoms with E-state index < -0.39 is 32.2 Å². The molecular weight excluding hydrogens is 419 g/mol. The molecule has 0 atom stereocenters. The van der Waals surface area contributed by atoms with E-state index in [9.17, 15) is 27.7 Å². The lowest BCUT2D eigenvalue weighted by molar-refractivity contribution is -0.385. The summed E-state index contributed by atoms with van der Waals surface area (Å²) in [5.74, 6) is -1.12. The molecule has 2 aromatic carbocycles. The monoisotopic (exact) mass is 434 g/mol. The van der Waals surface area contributed by atoms with Crippen LogP contribution in [0.4, 0.5) is 15.8 Å². The third kappa shape index (κ3) is 4.84. The highest BCUT2D eigenvalue weighted by molar-refractivity contribution is 7.90. The molecule has 3 aromatic rings. The first kappa shape index (κ1) is 20.6. The fraction of sp³-hybridized carbons (Fsp3) is 0.105. The van der Waals surface area contributed by atoms with Crippen LogP contribution in [-0.2, 0) is 16.4 Å². The van der Waals surface area contributed by atoms with E-state index in [1.54, 1.807) is 0 Å². The lowest BCUT2D eigenvalue weighted by Crippen LogP contribution is -2.30. The van der Waals surface area contributed by atoms with Crippen molar-refractivity contribution in [3.63, 3.8) is 0 Å². The molecule has 7 nitrogen and oxygen atoms in total. The van der Waals surface area contributed by atoms with Crippen LogP contribution in [0.25, 0.3) is 0 Å². The molecule has 0 bridgehead atoms. The van der Waals surface area contributed by atoms with E-state index in [-0.39, 0.29) is 17.0 Å². The zero-order chi connectivity index (χ0) is 21.2. The Hall–Kier alpha value is -3.11. The standard InChI is InChI=1S/C19H15FN2O5S2/c1-29(26,27)18-10-13(9-16(11-18)22(24)25)19(23)21(12-17-3-2-8-28-17)15-6-4-14(20)5-7-15/h2-11H,12H2,1H3. The predicted molar refractivity (Wildman–Crippen MR) is 107 cm³/mol. The first-order chi connectivity index (χ1) is 13.6. The number of benzene rings is 2. The molecule has 0 saturated carbocycles. The van der Waals surface area contributed by atoms with Gasteiger partial charge in [-0.15, -0.1) is 11.3 Å². The van der Waals surface area contributed by atoms with Crippen molar-refractivity contribution in [3.8, 4) is 0 Å². The van der Waals surface area contributed by atoms with E-state index in [2.05, 4.69) is 0 Å². The average molecular weight is 434 g/mol. The molecule has 0 aliphatic carbocycles. The molecule has 1 heterocycles. The summed E-state index contributed by atoms with van der Waals surface area (Å²) in [5.41, 5.74) is -0.288. The second-order valence-electron chi connectivity index (χ2n) is 6.19. The van der Waals surface area contributed by atoms with Gasteiger partial charge in [-0.3, -0.25) is 14.9 Å². The van der Waals surface area contributed by atoms with E-state index in [4.69, 9.17) is 0 Å². The van der Waals surface area contributed by atoms with Gasteiger partial charge in [-0.25, -0.2) is 12.8 Å². The van der Waals surface area contributed by atoms with Crippen LogP contribution in [0, 0.1) is 15.9 Å². The van der Waals surface area contributed by atoms with Crippen molar-refractivity contribution in [2.75, 3.05) is 11.2 Å². The van der Waals surface area contributed by atoms with Crippen LogP contribution >= 0.6 is 11.3 Å². The van der Waals surface area contributed by atoms with E-state index in [1.165, 1.54) is 40.5 Å². The maximum absolute atomic E-state index is 13.3. The molecule has 150 valence electrons. The minimum Gasteiger partial charge on any atom is -0.303 e. The van der Waals surface area contributed by atoms with Gasteiger partial charge in [0.05, 0.1) is 16.4 Å². The third-order valence-corrected chi connectivity index (χ3v) is 6.01. The zero-order valence-corrected chi connectivity index (χ0v) is 16.7. The Balaban J connectivity index is 2.10. The fourth-order valence-electron chi connectivity index (χ4n) is 2.64. The normalized spacial score (nSPS) is 11.2. The molecule has 0 fully saturated rings. The largest absolute Gasteiger partial charge is 0.303 e. The number of hydrogen-bond acceptors (Lipinski definition) is 6. The number of thiophene rings is 1. The Morgan fingerprint density at radius 1 is 1.17 bits per heavy atom. The highest BCUT2D eigenvalue weighted by atomic mass is 32.2. The summed E-state index contributed by atoms with van der Waals surface area (Å²) < 4.78 is 37.2. The number of rotatable bonds is 6. The van der Waals surface area contributed by atoms with Crippen molar-refractivity contribution >= 4 is 38.5 Å². The van der Waals surface area contributed by atoms with Crippen LogP contribution in [0.2, 0.25) is 0 Å². The van der Waals surface area contributed by atoms with E-state index in [0.717, 1.165) is 29.3 Å². The molecule has 0 aliphatic rings. The zero-order valence-electron chi connectivity index (χ0n) is 15.1. The van der Waals surface area contributed by atoms with Gasteiger partial charge < -0.3 is 4.90 Å². The number of nitro groups is 1. The van der Waals surface area contributed by atoms with Gasteiger partial charge in [0.15, 0.2) is 9.84 Å². The van der Waals surface area contributed by atoms with Gasteiger partial charge in [0, 0.05) is 34.5 Å². The first-order valence-electron chi connectivity index (χ1n) is 8.24. The first-order valence-corrected chi connectivity index (χ1v) is 11.0. The summed E-state index contributed by atoms with van der Waals surface area (Å²) in [5, 5.41) is 13.1. The van der Waals surface area contributed by atoms with Crippen molar-refractivity contribution in [2.24, 2.45) is 0 Å². The second kappa shape index (κ2) is 8.10. The Morgan fingerprint density at radius 2 is 1.86 bits per heavy atom. The van der Waals surface area contributed by atoms with Gasteiger partial charge in [0.25, 0.3) is 11.6 Å². The van der Waals surface area contributed by atoms with E-state index in [1.807, 2.05) is 17.5 Å². The van der Waals surface area contributed by atoms with Crippen LogP contribution in [0.5, 0.6) is 0 Å². The summed E-state index contributed by atoms with van der Waals surface area (Å²) in [4.78, 5) is 25.5. The summed E-state index contributed by atoms with van der Waals surface area (Å²) in [6, 6.07) is 11.9. The number of carbonyl (C=O) groups excluding carboxylic acids is 1. The molecule has 0 unspecified atom stereocenters. The Morgan fingerprint density at radius 3 is 2.41 bits per heavy atom. The Kier molecular flexibility index (Phi) is 5.76. The molecule has 3 rings (SSSR count). The minimum absolute atomic E-state index is 0.138. The summed E-state index contributed by atoms with van der Waals surface area (Å²) in [6.07, 6.45) is 0.906. The summed E-state index contributed by atoms with van der Waals surface area (Å²) >= 11 is 1.41. The smallest absolute Gasteiger partial charge is 0.271 e. The molecule has 1 amide bonds.